The van der Waals surface area contributed by atoms with Crippen LogP contribution in [0.1, 0.15) is 13.2 Å². The third kappa shape index (κ3) is 6.48. The maximum atomic E-state index is 11.9. The van der Waals surface area contributed by atoms with Crippen LogP contribution < -0.4 is 11.4 Å². The van der Waals surface area contributed by atoms with E-state index in [9.17, 15) is 33.6 Å². The largest absolute Gasteiger partial charge is 0.490 e. The number of nitrogen functional groups attached to an aromatic ring is 1. The van der Waals surface area contributed by atoms with E-state index in [2.05, 4.69) is 18.1 Å². The van der Waals surface area contributed by atoms with Crippen molar-refractivity contribution in [3.8, 4) is 0 Å². The highest BCUT2D eigenvalue weighted by Gasteiger charge is 2.49. The summed E-state index contributed by atoms with van der Waals surface area (Å²) in [5, 5.41) is 20.3. The molecule has 1 aromatic rings. The van der Waals surface area contributed by atoms with Gasteiger partial charge in [0.15, 0.2) is 6.23 Å². The normalized spacial score (nSPS) is 29.8. The van der Waals surface area contributed by atoms with Crippen LogP contribution in [0, 0.1) is 0 Å². The minimum absolute atomic E-state index is 0.123. The van der Waals surface area contributed by atoms with Crippen LogP contribution in [0.5, 0.6) is 0 Å². The highest BCUT2D eigenvalue weighted by atomic mass is 31.3. The molecule has 1 saturated heterocycles. The molecule has 2 unspecified atom stereocenters. The molecule has 1 aliphatic rings. The number of ether oxygens (including phenoxy) is 1. The molecular formula is C10H18N3O14P3. The molecule has 1 fully saturated rings. The molecular weight excluding hydrogens is 479 g/mol. The van der Waals surface area contributed by atoms with Crippen LogP contribution in [0.25, 0.3) is 0 Å². The summed E-state index contributed by atoms with van der Waals surface area (Å²) in [7, 11) is -16.8. The van der Waals surface area contributed by atoms with Gasteiger partial charge in [0, 0.05) is 6.20 Å². The Morgan fingerprint density at radius 3 is 2.27 bits per heavy atom. The number of rotatable bonds is 8. The van der Waals surface area contributed by atoms with Gasteiger partial charge < -0.3 is 40.3 Å². The van der Waals surface area contributed by atoms with E-state index < -0.39 is 59.8 Å². The summed E-state index contributed by atoms with van der Waals surface area (Å²) in [6.07, 6.45) is -7.09. The molecule has 2 rings (SSSR count). The number of anilines is 1. The number of nitrogens with two attached hydrogens (primary N) is 1. The number of aromatic nitrogens is 2. The van der Waals surface area contributed by atoms with Gasteiger partial charge in [-0.2, -0.15) is 13.6 Å². The van der Waals surface area contributed by atoms with Gasteiger partial charge in [0.05, 0.1) is 6.10 Å². The molecule has 2 heterocycles. The zero-order valence-corrected chi connectivity index (χ0v) is 17.5. The molecule has 20 heteroatoms. The molecule has 0 aliphatic carbocycles. The van der Waals surface area contributed by atoms with Crippen LogP contribution in [-0.2, 0) is 31.6 Å². The predicted molar refractivity (Wildman–Crippen MR) is 93.2 cm³/mol. The van der Waals surface area contributed by atoms with Crippen molar-refractivity contribution in [2.75, 3.05) is 5.73 Å². The molecule has 0 bridgehead atoms. The van der Waals surface area contributed by atoms with E-state index >= 15 is 0 Å². The Kier molecular flexibility index (Phi) is 7.44. The Morgan fingerprint density at radius 1 is 1.13 bits per heavy atom. The highest BCUT2D eigenvalue weighted by molar-refractivity contribution is 7.66. The Labute approximate surface area is 167 Å². The lowest BCUT2D eigenvalue weighted by Gasteiger charge is -2.24. The van der Waals surface area contributed by atoms with Crippen LogP contribution in [0.4, 0.5) is 5.82 Å². The van der Waals surface area contributed by atoms with Gasteiger partial charge in [-0.3, -0.25) is 9.09 Å². The fraction of sp³-hybridized carbons (Fsp3) is 0.600. The van der Waals surface area contributed by atoms with Gasteiger partial charge in [0.1, 0.15) is 24.1 Å². The lowest BCUT2D eigenvalue weighted by Crippen LogP contribution is -2.38. The maximum absolute atomic E-state index is 11.9. The number of hydrogen-bond donors (Lipinski definition) is 7. The predicted octanol–water partition coefficient (Wildman–Crippen LogP) is -1.82. The number of phosphoric acid groups is 3. The quantitative estimate of drug-likeness (QED) is 0.195. The molecule has 0 aromatic carbocycles. The van der Waals surface area contributed by atoms with E-state index in [1.807, 2.05) is 0 Å². The van der Waals surface area contributed by atoms with Crippen molar-refractivity contribution in [1.82, 2.24) is 9.55 Å². The fourth-order valence-electron chi connectivity index (χ4n) is 2.49. The van der Waals surface area contributed by atoms with Gasteiger partial charge in [0.25, 0.3) is 0 Å². The highest BCUT2D eigenvalue weighted by Crippen LogP contribution is 2.66. The molecule has 0 amide bonds. The van der Waals surface area contributed by atoms with E-state index in [0.717, 1.165) is 17.7 Å². The summed E-state index contributed by atoms with van der Waals surface area (Å²) in [4.78, 5) is 51.0. The second kappa shape index (κ2) is 8.84. The molecule has 7 atom stereocenters. The van der Waals surface area contributed by atoms with Crippen LogP contribution in [0.2, 0.25) is 0 Å². The van der Waals surface area contributed by atoms with E-state index in [0.29, 0.717) is 0 Å². The average molecular weight is 497 g/mol. The van der Waals surface area contributed by atoms with Gasteiger partial charge in [-0.1, -0.05) is 0 Å². The first-order valence-electron chi connectivity index (χ1n) is 7.70. The Morgan fingerprint density at radius 2 is 1.73 bits per heavy atom. The van der Waals surface area contributed by atoms with Crippen molar-refractivity contribution in [3.63, 3.8) is 0 Å². The van der Waals surface area contributed by atoms with E-state index in [1.165, 1.54) is 6.07 Å². The summed E-state index contributed by atoms with van der Waals surface area (Å²) in [6.45, 7) is 1.03. The molecule has 172 valence electrons. The topological polar surface area (TPSA) is 270 Å². The van der Waals surface area contributed by atoms with Crippen LogP contribution in [0.15, 0.2) is 17.1 Å². The lowest BCUT2D eigenvalue weighted by molar-refractivity contribution is -0.0781. The Hall–Kier alpha value is -1.03. The number of nitrogens with zero attached hydrogens (tertiary/aromatic N) is 2. The smallest absolute Gasteiger partial charge is 0.387 e. The Bertz CT molecular complexity index is 978. The van der Waals surface area contributed by atoms with Crippen molar-refractivity contribution >= 4 is 29.3 Å². The van der Waals surface area contributed by atoms with Crippen molar-refractivity contribution in [2.45, 2.75) is 37.6 Å². The molecule has 8 N–H and O–H groups in total. The van der Waals surface area contributed by atoms with Gasteiger partial charge in [-0.05, 0) is 13.0 Å². The SMILES string of the molecule is C[C@@H](OP(=O)(O)OP(=O)(O)OP(=O)(O)O)[C@H]1O[C@@H](n2ccc(N)nc2=O)[C@@H](O)[C@@H]1O. The minimum atomic E-state index is -5.74. The minimum Gasteiger partial charge on any atom is -0.387 e. The summed E-state index contributed by atoms with van der Waals surface area (Å²) in [5.41, 5.74) is 4.41. The van der Waals surface area contributed by atoms with Gasteiger partial charge in [-0.15, -0.1) is 0 Å². The zero-order valence-electron chi connectivity index (χ0n) is 14.8. The molecule has 0 spiro atoms. The number of phosphoric ester groups is 1. The van der Waals surface area contributed by atoms with Crippen LogP contribution >= 0.6 is 23.5 Å². The molecule has 1 aromatic heterocycles. The second-order valence-electron chi connectivity index (χ2n) is 5.92. The van der Waals surface area contributed by atoms with Crippen LogP contribution in [-0.4, -0.2) is 63.8 Å². The summed E-state index contributed by atoms with van der Waals surface area (Å²) in [5.74, 6) is -0.123. The van der Waals surface area contributed by atoms with E-state index in [1.54, 1.807) is 0 Å². The van der Waals surface area contributed by atoms with Gasteiger partial charge in [-0.25, -0.2) is 18.5 Å². The maximum Gasteiger partial charge on any atom is 0.490 e. The summed E-state index contributed by atoms with van der Waals surface area (Å²) in [6, 6.07) is 1.20. The molecule has 0 saturated carbocycles. The van der Waals surface area contributed by atoms with Gasteiger partial charge in [0.2, 0.25) is 0 Å². The standard InChI is InChI=1S/C10H18N3O14P3/c1-4(25-29(20,21)27-30(22,23)26-28(17,18)19)8-6(14)7(15)9(24-8)13-3-2-5(11)12-10(13)16/h2-4,6-9,14-15H,1H3,(H,20,21)(H,22,23)(H2,11,12,16)(H2,17,18,19)/t4-,6+,7+,8-,9-/m1/s1. The van der Waals surface area contributed by atoms with Crippen molar-refractivity contribution in [2.24, 2.45) is 0 Å². The van der Waals surface area contributed by atoms with E-state index in [4.69, 9.17) is 25.2 Å². The molecule has 30 heavy (non-hydrogen) atoms. The second-order valence-corrected chi connectivity index (χ2v) is 10.3. The summed E-state index contributed by atoms with van der Waals surface area (Å²) >= 11 is 0. The van der Waals surface area contributed by atoms with Crippen LogP contribution in [0.3, 0.4) is 0 Å². The average Bonchev–Trinajstić information content (AvgIpc) is 2.79. The third-order valence-electron chi connectivity index (χ3n) is 3.58. The van der Waals surface area contributed by atoms with Crippen molar-refractivity contribution < 1.29 is 61.4 Å². The van der Waals surface area contributed by atoms with Gasteiger partial charge >= 0.3 is 29.2 Å². The zero-order chi connectivity index (χ0) is 23.1. The Balaban J connectivity index is 2.13. The number of aliphatic hydroxyl groups excluding tert-OH is 2. The molecule has 1 aliphatic heterocycles. The summed E-state index contributed by atoms with van der Waals surface area (Å²) < 4.78 is 51.6. The van der Waals surface area contributed by atoms with Crippen molar-refractivity contribution in [1.29, 1.82) is 0 Å². The van der Waals surface area contributed by atoms with Crippen molar-refractivity contribution in [3.05, 3.63) is 22.7 Å². The monoisotopic (exact) mass is 497 g/mol. The first-order valence-corrected chi connectivity index (χ1v) is 12.2. The fourth-order valence-corrected chi connectivity index (χ4v) is 5.69. The first-order chi connectivity index (χ1) is 13.5. The molecule has 17 nitrogen and oxygen atoms in total. The number of hydrogen-bond acceptors (Lipinski definition) is 12. The third-order valence-corrected chi connectivity index (χ3v) is 7.51. The van der Waals surface area contributed by atoms with E-state index in [-0.39, 0.29) is 5.82 Å². The number of aliphatic hydroxyl groups is 2. The molecule has 0 radical (unpaired) electrons. The first kappa shape index (κ1) is 25.2. The lowest BCUT2D eigenvalue weighted by atomic mass is 10.1.